The number of unbranched alkanes of at least 4 members (excludes halogenated alkanes) is 3. The number of halogens is 1. The van der Waals surface area contributed by atoms with E-state index in [1.165, 1.54) is 63.2 Å². The van der Waals surface area contributed by atoms with Gasteiger partial charge in [-0.15, -0.1) is 0 Å². The zero-order valence-electron chi connectivity index (χ0n) is 15.8. The predicted molar refractivity (Wildman–Crippen MR) is 110 cm³/mol. The Hall–Kier alpha value is 0.120. The van der Waals surface area contributed by atoms with Crippen molar-refractivity contribution in [3.05, 3.63) is 12.2 Å². The summed E-state index contributed by atoms with van der Waals surface area (Å²) in [6.07, 6.45) is 13.9. The fourth-order valence-corrected chi connectivity index (χ4v) is 11.7. The van der Waals surface area contributed by atoms with Crippen LogP contribution in [0, 0.1) is 0 Å². The van der Waals surface area contributed by atoms with Crippen molar-refractivity contribution >= 4 is 26.8 Å². The number of carbonyl (C=O) groups is 1. The van der Waals surface area contributed by atoms with Crippen LogP contribution in [0.15, 0.2) is 12.2 Å². The molecule has 2 nitrogen and oxygen atoms in total. The Morgan fingerprint density at radius 3 is 1.65 bits per heavy atom. The second kappa shape index (κ2) is 11.6. The third kappa shape index (κ3) is 9.25. The van der Waals surface area contributed by atoms with E-state index in [4.69, 9.17) is 4.74 Å². The molecule has 23 heavy (non-hydrogen) atoms. The molecule has 0 bridgehead atoms. The van der Waals surface area contributed by atoms with Crippen molar-refractivity contribution in [3.8, 4) is 0 Å². The quantitative estimate of drug-likeness (QED) is 0.137. The van der Waals surface area contributed by atoms with E-state index in [2.05, 4.69) is 42.8 Å². The Morgan fingerprint density at radius 1 is 0.913 bits per heavy atom. The molecule has 0 atom stereocenters. The van der Waals surface area contributed by atoms with Gasteiger partial charge in [0.2, 0.25) is 0 Å². The van der Waals surface area contributed by atoms with Crippen LogP contribution < -0.4 is 0 Å². The SMILES string of the molecule is C=C(C)C(=O)OCCCP(Br)(CCCC)(CCCC)CCCC. The van der Waals surface area contributed by atoms with E-state index in [-0.39, 0.29) is 5.97 Å². The van der Waals surface area contributed by atoms with Crippen molar-refractivity contribution in [1.82, 2.24) is 0 Å². The summed E-state index contributed by atoms with van der Waals surface area (Å²) in [6, 6.07) is 0. The first kappa shape index (κ1) is 23.1. The van der Waals surface area contributed by atoms with Crippen LogP contribution in [0.3, 0.4) is 0 Å². The number of hydrogen-bond donors (Lipinski definition) is 0. The van der Waals surface area contributed by atoms with Gasteiger partial charge in [-0.1, -0.05) is 0 Å². The van der Waals surface area contributed by atoms with Gasteiger partial charge in [0.1, 0.15) is 0 Å². The molecular formula is C19H38BrO2P. The van der Waals surface area contributed by atoms with Crippen molar-refractivity contribution in [1.29, 1.82) is 0 Å². The van der Waals surface area contributed by atoms with Crippen LogP contribution in [0.2, 0.25) is 0 Å². The second-order valence-corrected chi connectivity index (χ2v) is 18.5. The topological polar surface area (TPSA) is 26.3 Å². The number of esters is 1. The number of carbonyl (C=O) groups excluding carboxylic acids is 1. The van der Waals surface area contributed by atoms with Gasteiger partial charge in [0.25, 0.3) is 0 Å². The average molecular weight is 409 g/mol. The van der Waals surface area contributed by atoms with Crippen molar-refractivity contribution in [2.75, 3.05) is 31.3 Å². The molecule has 0 amide bonds. The molecular weight excluding hydrogens is 371 g/mol. The van der Waals surface area contributed by atoms with E-state index in [0.29, 0.717) is 12.2 Å². The Bertz CT molecular complexity index is 344. The van der Waals surface area contributed by atoms with E-state index in [0.717, 1.165) is 6.42 Å². The molecule has 138 valence electrons. The van der Waals surface area contributed by atoms with Crippen molar-refractivity contribution in [3.63, 3.8) is 0 Å². The molecule has 0 unspecified atom stereocenters. The minimum absolute atomic E-state index is 0.254. The van der Waals surface area contributed by atoms with E-state index in [1.54, 1.807) is 6.92 Å². The average Bonchev–Trinajstić information content (AvgIpc) is 2.54. The predicted octanol–water partition coefficient (Wildman–Crippen LogP) is 6.76. The van der Waals surface area contributed by atoms with Crippen molar-refractivity contribution in [2.24, 2.45) is 0 Å². The first-order chi connectivity index (χ1) is 10.8. The van der Waals surface area contributed by atoms with Gasteiger partial charge < -0.3 is 0 Å². The van der Waals surface area contributed by atoms with Crippen LogP contribution in [0.4, 0.5) is 0 Å². The summed E-state index contributed by atoms with van der Waals surface area (Å²) < 4.78 is 5.32. The van der Waals surface area contributed by atoms with Crippen LogP contribution in [0.1, 0.15) is 72.6 Å². The summed E-state index contributed by atoms with van der Waals surface area (Å²) in [6.45, 7) is 12.7. The molecule has 0 saturated carbocycles. The van der Waals surface area contributed by atoms with Crippen LogP contribution in [-0.4, -0.2) is 37.2 Å². The summed E-state index contributed by atoms with van der Waals surface area (Å²) in [4.78, 5) is 11.5. The van der Waals surface area contributed by atoms with Crippen LogP contribution in [-0.2, 0) is 9.53 Å². The first-order valence-electron chi connectivity index (χ1n) is 9.36. The van der Waals surface area contributed by atoms with E-state index in [9.17, 15) is 4.79 Å². The maximum absolute atomic E-state index is 11.5. The second-order valence-electron chi connectivity index (χ2n) is 7.04. The Morgan fingerprint density at radius 2 is 1.30 bits per heavy atom. The first-order valence-corrected chi connectivity index (χ1v) is 14.4. The molecule has 0 N–H and O–H groups in total. The summed E-state index contributed by atoms with van der Waals surface area (Å²) in [5.74, 6) is -0.254. The van der Waals surface area contributed by atoms with Gasteiger partial charge in [-0.05, 0) is 0 Å². The van der Waals surface area contributed by atoms with Gasteiger partial charge in [-0.3, -0.25) is 0 Å². The molecule has 0 aromatic heterocycles. The van der Waals surface area contributed by atoms with Gasteiger partial charge in [0.05, 0.1) is 0 Å². The van der Waals surface area contributed by atoms with Gasteiger partial charge >= 0.3 is 152 Å². The van der Waals surface area contributed by atoms with Gasteiger partial charge in [0.15, 0.2) is 0 Å². The molecule has 4 heteroatoms. The molecule has 0 rings (SSSR count). The third-order valence-electron chi connectivity index (χ3n) is 4.65. The molecule has 0 heterocycles. The molecule has 0 fully saturated rings. The molecule has 0 radical (unpaired) electrons. The molecule has 0 aliphatic carbocycles. The number of hydrogen-bond acceptors (Lipinski definition) is 2. The monoisotopic (exact) mass is 408 g/mol. The van der Waals surface area contributed by atoms with Crippen LogP contribution >= 0.6 is 20.8 Å². The van der Waals surface area contributed by atoms with Gasteiger partial charge in [-0.2, -0.15) is 0 Å². The maximum atomic E-state index is 11.5. The molecule has 0 spiro atoms. The third-order valence-corrected chi connectivity index (χ3v) is 14.6. The summed E-state index contributed by atoms with van der Waals surface area (Å²) >= 11 is 4.36. The zero-order chi connectivity index (χ0) is 17.8. The van der Waals surface area contributed by atoms with E-state index in [1.807, 2.05) is 0 Å². The molecule has 0 aliphatic rings. The van der Waals surface area contributed by atoms with Crippen molar-refractivity contribution < 1.29 is 9.53 Å². The minimum atomic E-state index is -1.85. The standard InChI is InChI=1S/C19H38BrO2P/c1-6-9-14-23(20,15-10-7-2,16-11-8-3)17-12-13-22-19(21)18(4)5/h4,6-17H2,1-3,5H3. The Kier molecular flexibility index (Phi) is 11.7. The molecule has 0 aromatic carbocycles. The Balaban J connectivity index is 4.83. The number of rotatable bonds is 14. The molecule has 0 aromatic rings. The zero-order valence-corrected chi connectivity index (χ0v) is 18.3. The normalized spacial score (nSPS) is 13.3. The van der Waals surface area contributed by atoms with Gasteiger partial charge in [0, 0.05) is 0 Å². The molecule has 0 aliphatic heterocycles. The summed E-state index contributed by atoms with van der Waals surface area (Å²) in [5, 5.41) is -1.85. The number of ether oxygens (including phenoxy) is 1. The van der Waals surface area contributed by atoms with Crippen LogP contribution in [0.5, 0.6) is 0 Å². The van der Waals surface area contributed by atoms with Crippen molar-refractivity contribution in [2.45, 2.75) is 72.6 Å². The fraction of sp³-hybridized carbons (Fsp3) is 0.842. The van der Waals surface area contributed by atoms with Gasteiger partial charge in [-0.25, -0.2) is 0 Å². The fourth-order valence-electron chi connectivity index (χ4n) is 3.08. The summed E-state index contributed by atoms with van der Waals surface area (Å²) in [5.41, 5.74) is 0.490. The summed E-state index contributed by atoms with van der Waals surface area (Å²) in [7, 11) is 0. The van der Waals surface area contributed by atoms with Crippen LogP contribution in [0.25, 0.3) is 0 Å². The van der Waals surface area contributed by atoms with E-state index >= 15 is 0 Å². The molecule has 0 saturated heterocycles. The van der Waals surface area contributed by atoms with E-state index < -0.39 is 5.31 Å². The Labute approximate surface area is 152 Å².